The number of hydrogen-bond acceptors (Lipinski definition) is 3. The summed E-state index contributed by atoms with van der Waals surface area (Å²) in [4.78, 5) is 12.1. The highest BCUT2D eigenvalue weighted by molar-refractivity contribution is 7.89. The summed E-state index contributed by atoms with van der Waals surface area (Å²) in [6, 6.07) is 13.2. The SMILES string of the molecule is CCCNS(=O)(=O)c1ccc(NC(=O)C=Cc2ccccc2Cl)cc1. The molecular formula is C18H19ClN2O3S. The zero-order valence-electron chi connectivity index (χ0n) is 13.7. The molecule has 0 saturated heterocycles. The molecule has 132 valence electrons. The molecule has 0 saturated carbocycles. The van der Waals surface area contributed by atoms with Gasteiger partial charge >= 0.3 is 0 Å². The summed E-state index contributed by atoms with van der Waals surface area (Å²) in [5.41, 5.74) is 1.24. The van der Waals surface area contributed by atoms with Gasteiger partial charge in [-0.05, 0) is 48.4 Å². The van der Waals surface area contributed by atoms with Crippen molar-refractivity contribution in [3.63, 3.8) is 0 Å². The molecule has 0 radical (unpaired) electrons. The van der Waals surface area contributed by atoms with Crippen molar-refractivity contribution in [2.45, 2.75) is 18.2 Å². The van der Waals surface area contributed by atoms with E-state index in [2.05, 4.69) is 10.0 Å². The van der Waals surface area contributed by atoms with Crippen molar-refractivity contribution in [1.82, 2.24) is 4.72 Å². The lowest BCUT2D eigenvalue weighted by Crippen LogP contribution is -2.24. The summed E-state index contributed by atoms with van der Waals surface area (Å²) in [5, 5.41) is 3.23. The van der Waals surface area contributed by atoms with Gasteiger partial charge in [-0.1, -0.05) is 36.7 Å². The van der Waals surface area contributed by atoms with Gasteiger partial charge < -0.3 is 5.32 Å². The van der Waals surface area contributed by atoms with Crippen LogP contribution in [0.1, 0.15) is 18.9 Å². The quantitative estimate of drug-likeness (QED) is 0.721. The normalized spacial score (nSPS) is 11.6. The molecule has 0 aliphatic rings. The average Bonchev–Trinajstić information content (AvgIpc) is 2.60. The van der Waals surface area contributed by atoms with Gasteiger partial charge in [-0.3, -0.25) is 4.79 Å². The van der Waals surface area contributed by atoms with Crippen molar-refractivity contribution in [3.8, 4) is 0 Å². The van der Waals surface area contributed by atoms with Gasteiger partial charge in [0.1, 0.15) is 0 Å². The third-order valence-electron chi connectivity index (χ3n) is 3.29. The molecule has 0 bridgehead atoms. The number of sulfonamides is 1. The fourth-order valence-corrected chi connectivity index (χ4v) is 3.33. The Morgan fingerprint density at radius 1 is 1.12 bits per heavy atom. The van der Waals surface area contributed by atoms with Crippen LogP contribution in [0.5, 0.6) is 0 Å². The molecule has 1 amide bonds. The van der Waals surface area contributed by atoms with Crippen LogP contribution in [-0.4, -0.2) is 20.9 Å². The van der Waals surface area contributed by atoms with E-state index in [0.29, 0.717) is 23.7 Å². The van der Waals surface area contributed by atoms with E-state index in [1.54, 1.807) is 30.3 Å². The predicted molar refractivity (Wildman–Crippen MR) is 101 cm³/mol. The molecule has 2 aromatic carbocycles. The van der Waals surface area contributed by atoms with E-state index in [9.17, 15) is 13.2 Å². The summed E-state index contributed by atoms with van der Waals surface area (Å²) in [7, 11) is -3.51. The van der Waals surface area contributed by atoms with Crippen LogP contribution < -0.4 is 10.0 Å². The summed E-state index contributed by atoms with van der Waals surface area (Å²) < 4.78 is 26.5. The molecule has 0 aliphatic carbocycles. The van der Waals surface area contributed by atoms with Crippen molar-refractivity contribution in [2.24, 2.45) is 0 Å². The van der Waals surface area contributed by atoms with Crippen LogP contribution in [0.2, 0.25) is 5.02 Å². The van der Waals surface area contributed by atoms with Gasteiger partial charge in [0, 0.05) is 23.3 Å². The monoisotopic (exact) mass is 378 g/mol. The molecule has 2 rings (SSSR count). The largest absolute Gasteiger partial charge is 0.323 e. The number of carbonyl (C=O) groups is 1. The third-order valence-corrected chi connectivity index (χ3v) is 5.11. The van der Waals surface area contributed by atoms with Crippen LogP contribution in [0.4, 0.5) is 5.69 Å². The average molecular weight is 379 g/mol. The molecular weight excluding hydrogens is 360 g/mol. The Labute approximate surface area is 152 Å². The molecule has 0 unspecified atom stereocenters. The maximum absolute atomic E-state index is 12.0. The second-order valence-electron chi connectivity index (χ2n) is 5.27. The number of anilines is 1. The number of halogens is 1. The summed E-state index contributed by atoms with van der Waals surface area (Å²) >= 11 is 6.02. The Morgan fingerprint density at radius 2 is 1.80 bits per heavy atom. The highest BCUT2D eigenvalue weighted by Crippen LogP contribution is 2.17. The molecule has 0 aromatic heterocycles. The van der Waals surface area contributed by atoms with Crippen LogP contribution in [0, 0.1) is 0 Å². The maximum Gasteiger partial charge on any atom is 0.248 e. The number of rotatable bonds is 7. The van der Waals surface area contributed by atoms with Crippen LogP contribution in [0.25, 0.3) is 6.08 Å². The molecule has 25 heavy (non-hydrogen) atoms. The first-order chi connectivity index (χ1) is 11.9. The van der Waals surface area contributed by atoms with Gasteiger partial charge in [0.2, 0.25) is 15.9 Å². The molecule has 0 fully saturated rings. The van der Waals surface area contributed by atoms with E-state index in [1.165, 1.54) is 18.2 Å². The van der Waals surface area contributed by atoms with Crippen molar-refractivity contribution in [2.75, 3.05) is 11.9 Å². The summed E-state index contributed by atoms with van der Waals surface area (Å²) in [6.07, 6.45) is 3.70. The molecule has 0 aliphatic heterocycles. The van der Waals surface area contributed by atoms with Crippen LogP contribution in [0.15, 0.2) is 59.5 Å². The number of amides is 1. The Balaban J connectivity index is 2.01. The molecule has 2 aromatic rings. The number of benzene rings is 2. The Morgan fingerprint density at radius 3 is 2.44 bits per heavy atom. The summed E-state index contributed by atoms with van der Waals surface area (Å²) in [6.45, 7) is 2.27. The topological polar surface area (TPSA) is 75.3 Å². The molecule has 5 nitrogen and oxygen atoms in total. The molecule has 0 atom stereocenters. The molecule has 7 heteroatoms. The lowest BCUT2D eigenvalue weighted by molar-refractivity contribution is -0.111. The minimum atomic E-state index is -3.51. The Hall–Kier alpha value is -2.15. The highest BCUT2D eigenvalue weighted by Gasteiger charge is 2.12. The van der Waals surface area contributed by atoms with Crippen molar-refractivity contribution < 1.29 is 13.2 Å². The highest BCUT2D eigenvalue weighted by atomic mass is 35.5. The first-order valence-corrected chi connectivity index (χ1v) is 9.62. The van der Waals surface area contributed by atoms with Crippen molar-refractivity contribution in [1.29, 1.82) is 0 Å². The maximum atomic E-state index is 12.0. The van der Waals surface area contributed by atoms with E-state index in [0.717, 1.165) is 5.56 Å². The zero-order chi connectivity index (χ0) is 18.3. The second kappa shape index (κ2) is 8.80. The van der Waals surface area contributed by atoms with Crippen LogP contribution in [-0.2, 0) is 14.8 Å². The lowest BCUT2D eigenvalue weighted by atomic mass is 10.2. The number of nitrogens with one attached hydrogen (secondary N) is 2. The fraction of sp³-hybridized carbons (Fsp3) is 0.167. The summed E-state index contributed by atoms with van der Waals surface area (Å²) in [5.74, 6) is -0.334. The van der Waals surface area contributed by atoms with Gasteiger partial charge in [0.25, 0.3) is 0 Å². The number of hydrogen-bond donors (Lipinski definition) is 2. The first kappa shape index (κ1) is 19.2. The van der Waals surface area contributed by atoms with Crippen molar-refractivity contribution in [3.05, 3.63) is 65.2 Å². The zero-order valence-corrected chi connectivity index (χ0v) is 15.3. The Kier molecular flexibility index (Phi) is 6.75. The molecule has 0 heterocycles. The lowest BCUT2D eigenvalue weighted by Gasteiger charge is -2.07. The van der Waals surface area contributed by atoms with Crippen molar-refractivity contribution >= 4 is 39.3 Å². The van der Waals surface area contributed by atoms with Gasteiger partial charge in [-0.25, -0.2) is 13.1 Å². The van der Waals surface area contributed by atoms with Gasteiger partial charge in [-0.15, -0.1) is 0 Å². The van der Waals surface area contributed by atoms with Gasteiger partial charge in [0.05, 0.1) is 4.90 Å². The standard InChI is InChI=1S/C18H19ClN2O3S/c1-2-13-20-25(23,24)16-10-8-15(9-11-16)21-18(22)12-7-14-5-3-4-6-17(14)19/h3-12,20H,2,13H2,1H3,(H,21,22). The van der Waals surface area contributed by atoms with Gasteiger partial charge in [-0.2, -0.15) is 0 Å². The first-order valence-electron chi connectivity index (χ1n) is 7.75. The fourth-order valence-electron chi connectivity index (χ4n) is 2.00. The van der Waals surface area contributed by atoms with Gasteiger partial charge in [0.15, 0.2) is 0 Å². The Bertz CT molecular complexity index is 862. The predicted octanol–water partition coefficient (Wildman–Crippen LogP) is 3.68. The van der Waals surface area contributed by atoms with E-state index >= 15 is 0 Å². The molecule has 0 spiro atoms. The minimum absolute atomic E-state index is 0.158. The van der Waals surface area contributed by atoms with E-state index in [1.807, 2.05) is 19.1 Å². The second-order valence-corrected chi connectivity index (χ2v) is 7.44. The van der Waals surface area contributed by atoms with Crippen LogP contribution >= 0.6 is 11.6 Å². The minimum Gasteiger partial charge on any atom is -0.323 e. The smallest absolute Gasteiger partial charge is 0.248 e. The molecule has 2 N–H and O–H groups in total. The van der Waals surface area contributed by atoms with E-state index < -0.39 is 10.0 Å². The van der Waals surface area contributed by atoms with E-state index in [-0.39, 0.29) is 10.8 Å². The van der Waals surface area contributed by atoms with E-state index in [4.69, 9.17) is 11.6 Å². The number of carbonyl (C=O) groups excluding carboxylic acids is 1. The third kappa shape index (κ3) is 5.70. The van der Waals surface area contributed by atoms with Crippen LogP contribution in [0.3, 0.4) is 0 Å².